The van der Waals surface area contributed by atoms with Gasteiger partial charge >= 0.3 is 0 Å². The molecule has 1 aromatic rings. The Kier molecular flexibility index (Phi) is 4.37. The van der Waals surface area contributed by atoms with Crippen LogP contribution in [0.4, 0.5) is 17.6 Å². The highest BCUT2D eigenvalue weighted by Gasteiger charge is 2.32. The van der Waals surface area contributed by atoms with Gasteiger partial charge in [0.05, 0.1) is 0 Å². The van der Waals surface area contributed by atoms with E-state index in [2.05, 4.69) is 9.98 Å². The lowest BCUT2D eigenvalue weighted by molar-refractivity contribution is 0.0973. The molecule has 0 saturated heterocycles. The molecule has 0 aliphatic rings. The van der Waals surface area contributed by atoms with E-state index in [1.807, 2.05) is 0 Å². The van der Waals surface area contributed by atoms with Crippen LogP contribution in [-0.4, -0.2) is 24.0 Å². The molecule has 0 fully saturated rings. The van der Waals surface area contributed by atoms with Crippen LogP contribution >= 0.6 is 0 Å². The van der Waals surface area contributed by atoms with E-state index in [1.54, 1.807) is 0 Å². The molecule has 0 atom stereocenters. The highest BCUT2D eigenvalue weighted by molar-refractivity contribution is 6.01. The van der Waals surface area contributed by atoms with Gasteiger partial charge in [0.1, 0.15) is 11.1 Å². The summed E-state index contributed by atoms with van der Waals surface area (Å²) in [5, 5.41) is 0. The molecule has 1 rings (SSSR count). The number of amides is 2. The van der Waals surface area contributed by atoms with E-state index in [1.165, 1.54) is 0 Å². The van der Waals surface area contributed by atoms with Crippen LogP contribution in [0, 0.1) is 23.3 Å². The molecule has 6 nitrogen and oxygen atoms in total. The maximum absolute atomic E-state index is 13.4. The minimum atomic E-state index is -2.27. The van der Waals surface area contributed by atoms with E-state index in [0.717, 1.165) is 0 Å². The minimum absolute atomic E-state index is 0.627. The molecule has 2 amide bonds. The Hall–Kier alpha value is -2.96. The fourth-order valence-electron chi connectivity index (χ4n) is 1.20. The van der Waals surface area contributed by atoms with Crippen molar-refractivity contribution >= 4 is 24.0 Å². The first-order valence-corrected chi connectivity index (χ1v) is 4.47. The first-order valence-electron chi connectivity index (χ1n) is 4.47. The van der Waals surface area contributed by atoms with Crippen molar-refractivity contribution in [3.63, 3.8) is 0 Å². The lowest BCUT2D eigenvalue weighted by atomic mass is 10.1. The van der Waals surface area contributed by atoms with E-state index in [0.29, 0.717) is 12.2 Å². The van der Waals surface area contributed by atoms with Gasteiger partial charge in [-0.2, -0.15) is 0 Å². The quantitative estimate of drug-likeness (QED) is 0.353. The summed E-state index contributed by atoms with van der Waals surface area (Å²) in [6.07, 6.45) is 1.25. The number of hydrogen-bond donors (Lipinski definition) is 0. The van der Waals surface area contributed by atoms with Crippen molar-refractivity contribution in [2.75, 3.05) is 0 Å². The third kappa shape index (κ3) is 2.41. The summed E-state index contributed by atoms with van der Waals surface area (Å²) in [5.41, 5.74) is -3.65. The fourth-order valence-corrected chi connectivity index (χ4v) is 1.20. The van der Waals surface area contributed by atoms with Gasteiger partial charge in [0.15, 0.2) is 23.3 Å². The molecule has 0 saturated carbocycles. The molecule has 0 unspecified atom stereocenters. The van der Waals surface area contributed by atoms with Gasteiger partial charge in [-0.3, -0.25) is 9.59 Å². The molecular weight excluding hydrogens is 288 g/mol. The van der Waals surface area contributed by atoms with Crippen molar-refractivity contribution in [3.8, 4) is 0 Å². The van der Waals surface area contributed by atoms with E-state index in [4.69, 9.17) is 0 Å². The van der Waals surface area contributed by atoms with Crippen molar-refractivity contribution in [1.29, 1.82) is 0 Å². The summed E-state index contributed by atoms with van der Waals surface area (Å²) >= 11 is 0. The third-order valence-electron chi connectivity index (χ3n) is 1.99. The Bertz CT molecular complexity index is 628. The smallest absolute Gasteiger partial charge is 0.266 e. The number of rotatable bonds is 2. The SMILES string of the molecule is O=C=NC(=O)c1c(F)c(F)c(C(=O)N=C=O)c(F)c1F. The van der Waals surface area contributed by atoms with Crippen LogP contribution in [0.15, 0.2) is 9.98 Å². The summed E-state index contributed by atoms with van der Waals surface area (Å²) in [6, 6.07) is 0. The number of nitrogens with zero attached hydrogens (tertiary/aromatic N) is 2. The predicted octanol–water partition coefficient (Wildman–Crippen LogP) is 1.20. The zero-order chi connectivity index (χ0) is 15.4. The van der Waals surface area contributed by atoms with Crippen LogP contribution in [0.25, 0.3) is 0 Å². The van der Waals surface area contributed by atoms with Crippen LogP contribution in [-0.2, 0) is 9.59 Å². The maximum atomic E-state index is 13.4. The maximum Gasteiger partial charge on any atom is 0.293 e. The van der Waals surface area contributed by atoms with E-state index >= 15 is 0 Å². The number of carbonyl (C=O) groups excluding carboxylic acids is 4. The zero-order valence-electron chi connectivity index (χ0n) is 9.04. The monoisotopic (exact) mass is 288 g/mol. The molecule has 0 N–H and O–H groups in total. The Morgan fingerprint density at radius 1 is 0.700 bits per heavy atom. The van der Waals surface area contributed by atoms with Crippen LogP contribution in [0.3, 0.4) is 0 Å². The van der Waals surface area contributed by atoms with Crippen LogP contribution in [0.2, 0.25) is 0 Å². The molecule has 0 aliphatic carbocycles. The molecule has 20 heavy (non-hydrogen) atoms. The van der Waals surface area contributed by atoms with E-state index in [9.17, 15) is 36.7 Å². The number of halogens is 4. The molecule has 0 heterocycles. The summed E-state index contributed by atoms with van der Waals surface area (Å²) in [7, 11) is 0. The summed E-state index contributed by atoms with van der Waals surface area (Å²) in [6.45, 7) is 0. The Labute approximate surface area is 106 Å². The highest BCUT2D eigenvalue weighted by Crippen LogP contribution is 2.25. The van der Waals surface area contributed by atoms with Crippen molar-refractivity contribution < 1.29 is 36.7 Å². The highest BCUT2D eigenvalue weighted by atomic mass is 19.2. The number of benzene rings is 1. The second-order valence-corrected chi connectivity index (χ2v) is 3.02. The Morgan fingerprint density at radius 3 is 1.15 bits per heavy atom. The fraction of sp³-hybridized carbons (Fsp3) is 0. The summed E-state index contributed by atoms with van der Waals surface area (Å²) in [5.74, 6) is -12.9. The van der Waals surface area contributed by atoms with Gasteiger partial charge in [0, 0.05) is 0 Å². The van der Waals surface area contributed by atoms with Gasteiger partial charge in [-0.1, -0.05) is 0 Å². The predicted molar refractivity (Wildman–Crippen MR) is 51.2 cm³/mol. The number of carbonyl (C=O) groups is 2. The zero-order valence-corrected chi connectivity index (χ0v) is 9.04. The molecule has 0 radical (unpaired) electrons. The van der Waals surface area contributed by atoms with Gasteiger partial charge in [-0.15, -0.1) is 9.98 Å². The van der Waals surface area contributed by atoms with E-state index < -0.39 is 46.2 Å². The van der Waals surface area contributed by atoms with Crippen LogP contribution < -0.4 is 0 Å². The number of aliphatic imine (C=N–C) groups is 2. The topological polar surface area (TPSA) is 93.0 Å². The third-order valence-corrected chi connectivity index (χ3v) is 1.99. The number of isocyanates is 2. The first-order chi connectivity index (χ1) is 9.36. The van der Waals surface area contributed by atoms with Crippen molar-refractivity contribution in [2.24, 2.45) is 9.98 Å². The van der Waals surface area contributed by atoms with E-state index in [-0.39, 0.29) is 0 Å². The van der Waals surface area contributed by atoms with Gasteiger partial charge < -0.3 is 0 Å². The number of hydrogen-bond acceptors (Lipinski definition) is 4. The first kappa shape index (κ1) is 15.1. The molecule has 102 valence electrons. The van der Waals surface area contributed by atoms with Crippen LogP contribution in [0.5, 0.6) is 0 Å². The average Bonchev–Trinajstić information content (AvgIpc) is 2.37. The molecule has 0 spiro atoms. The van der Waals surface area contributed by atoms with Gasteiger partial charge in [0.2, 0.25) is 12.2 Å². The second kappa shape index (κ2) is 5.79. The van der Waals surface area contributed by atoms with Crippen molar-refractivity contribution in [1.82, 2.24) is 0 Å². The minimum Gasteiger partial charge on any atom is -0.266 e. The second-order valence-electron chi connectivity index (χ2n) is 3.02. The molecular formula is C10F4N2O4. The summed E-state index contributed by atoms with van der Waals surface area (Å²) in [4.78, 5) is 46.1. The van der Waals surface area contributed by atoms with Gasteiger partial charge in [-0.25, -0.2) is 27.2 Å². The molecule has 1 aromatic carbocycles. The van der Waals surface area contributed by atoms with Gasteiger partial charge in [0.25, 0.3) is 11.8 Å². The summed E-state index contributed by atoms with van der Waals surface area (Å²) < 4.78 is 53.6. The molecule has 10 heteroatoms. The standard InChI is InChI=1S/C10F4N2O4/c11-5-3(9(19)15-1-17)6(12)8(14)4(7(5)13)10(20)16-2-18. The van der Waals surface area contributed by atoms with Crippen molar-refractivity contribution in [2.45, 2.75) is 0 Å². The Balaban J connectivity index is 3.74. The molecule has 0 aromatic heterocycles. The van der Waals surface area contributed by atoms with Crippen molar-refractivity contribution in [3.05, 3.63) is 34.4 Å². The normalized spacial score (nSPS) is 9.40. The molecule has 0 bridgehead atoms. The average molecular weight is 288 g/mol. The largest absolute Gasteiger partial charge is 0.293 e. The lowest BCUT2D eigenvalue weighted by Gasteiger charge is -2.06. The lowest BCUT2D eigenvalue weighted by Crippen LogP contribution is -2.15. The van der Waals surface area contributed by atoms with Crippen LogP contribution in [0.1, 0.15) is 20.7 Å². The molecule has 0 aliphatic heterocycles. The van der Waals surface area contributed by atoms with Gasteiger partial charge in [-0.05, 0) is 0 Å². The Morgan fingerprint density at radius 2 is 0.950 bits per heavy atom.